The first kappa shape index (κ1) is 23.1. The van der Waals surface area contributed by atoms with Crippen molar-refractivity contribution < 1.29 is 14.0 Å². The maximum absolute atomic E-state index is 5.81. The van der Waals surface area contributed by atoms with Gasteiger partial charge in [-0.15, -0.1) is 0 Å². The summed E-state index contributed by atoms with van der Waals surface area (Å²) in [4.78, 5) is 9.62. The highest BCUT2D eigenvalue weighted by molar-refractivity contribution is 5.80. The Hall–Kier alpha value is -2.58. The number of guanidine groups is 1. The highest BCUT2D eigenvalue weighted by Gasteiger charge is 2.20. The minimum absolute atomic E-state index is 0.621. The fraction of sp³-hybridized carbons (Fsp3) is 0.565. The molecule has 1 aromatic heterocycles. The summed E-state index contributed by atoms with van der Waals surface area (Å²) in [6, 6.07) is 10.2. The summed E-state index contributed by atoms with van der Waals surface area (Å²) in [5.41, 5.74) is 2.13. The van der Waals surface area contributed by atoms with Gasteiger partial charge in [0.15, 0.2) is 5.96 Å². The Morgan fingerprint density at radius 1 is 1.19 bits per heavy atom. The van der Waals surface area contributed by atoms with Crippen molar-refractivity contribution in [3.8, 4) is 5.75 Å². The van der Waals surface area contributed by atoms with Gasteiger partial charge in [-0.2, -0.15) is 0 Å². The molecule has 1 saturated heterocycles. The summed E-state index contributed by atoms with van der Waals surface area (Å²) in [5, 5.41) is 7.55. The van der Waals surface area contributed by atoms with Gasteiger partial charge in [-0.3, -0.25) is 4.90 Å². The second kappa shape index (κ2) is 12.3. The average Bonchev–Trinajstić information content (AvgIpc) is 3.19. The SMILES string of the molecule is CCNC(=NCc1cccc(OCCCOC)c1)N1CCN(Cc2cc(C)on2)CC1. The van der Waals surface area contributed by atoms with Gasteiger partial charge in [-0.1, -0.05) is 17.3 Å². The summed E-state index contributed by atoms with van der Waals surface area (Å²) in [6.07, 6.45) is 0.881. The van der Waals surface area contributed by atoms with Gasteiger partial charge in [-0.25, -0.2) is 4.99 Å². The second-order valence-corrected chi connectivity index (χ2v) is 7.70. The number of aliphatic imine (C=N–C) groups is 1. The second-order valence-electron chi connectivity index (χ2n) is 7.70. The van der Waals surface area contributed by atoms with E-state index in [1.54, 1.807) is 7.11 Å². The number of benzene rings is 1. The zero-order chi connectivity index (χ0) is 21.9. The largest absolute Gasteiger partial charge is 0.493 e. The quantitative estimate of drug-likeness (QED) is 0.354. The molecule has 0 atom stereocenters. The van der Waals surface area contributed by atoms with Crippen LogP contribution in [0.15, 0.2) is 39.8 Å². The Kier molecular flexibility index (Phi) is 9.17. The molecule has 2 heterocycles. The van der Waals surface area contributed by atoms with Crippen molar-refractivity contribution in [2.75, 3.05) is 53.0 Å². The van der Waals surface area contributed by atoms with Gasteiger partial charge in [-0.05, 0) is 31.5 Å². The maximum Gasteiger partial charge on any atom is 0.194 e. The first-order chi connectivity index (χ1) is 15.2. The van der Waals surface area contributed by atoms with E-state index in [1.165, 1.54) is 0 Å². The number of nitrogens with zero attached hydrogens (tertiary/aromatic N) is 4. The van der Waals surface area contributed by atoms with Crippen molar-refractivity contribution in [1.29, 1.82) is 0 Å². The van der Waals surface area contributed by atoms with Gasteiger partial charge in [0.1, 0.15) is 11.5 Å². The standard InChI is InChI=1S/C23H35N5O3/c1-4-24-23(25-17-20-7-5-8-22(16-20)30-14-6-13-29-3)28-11-9-27(10-12-28)18-21-15-19(2)31-26-21/h5,7-8,15-16H,4,6,9-14,17-18H2,1-3H3,(H,24,25). The Balaban J connectivity index is 1.52. The van der Waals surface area contributed by atoms with Crippen LogP contribution in [0.4, 0.5) is 0 Å². The molecule has 8 nitrogen and oxygen atoms in total. The number of piperazine rings is 1. The third-order valence-corrected chi connectivity index (χ3v) is 5.14. The van der Waals surface area contributed by atoms with Crippen LogP contribution in [0.25, 0.3) is 0 Å². The zero-order valence-electron chi connectivity index (χ0n) is 19.0. The van der Waals surface area contributed by atoms with Crippen LogP contribution in [0, 0.1) is 6.92 Å². The van der Waals surface area contributed by atoms with E-state index in [-0.39, 0.29) is 0 Å². The monoisotopic (exact) mass is 429 g/mol. The molecule has 0 amide bonds. The number of aryl methyl sites for hydroxylation is 1. The Bertz CT molecular complexity index is 815. The molecule has 2 aromatic rings. The van der Waals surface area contributed by atoms with Crippen LogP contribution in [0.2, 0.25) is 0 Å². The van der Waals surface area contributed by atoms with Crippen LogP contribution in [-0.2, 0) is 17.8 Å². The molecule has 0 spiro atoms. The summed E-state index contributed by atoms with van der Waals surface area (Å²) < 4.78 is 16.1. The van der Waals surface area contributed by atoms with Crippen molar-refractivity contribution in [3.63, 3.8) is 0 Å². The van der Waals surface area contributed by atoms with Crippen LogP contribution in [0.5, 0.6) is 5.75 Å². The molecule has 1 aliphatic heterocycles. The summed E-state index contributed by atoms with van der Waals surface area (Å²) >= 11 is 0. The van der Waals surface area contributed by atoms with E-state index in [9.17, 15) is 0 Å². The fourth-order valence-corrected chi connectivity index (χ4v) is 3.56. The Labute approximate surface area is 185 Å². The van der Waals surface area contributed by atoms with Crippen LogP contribution < -0.4 is 10.1 Å². The minimum Gasteiger partial charge on any atom is -0.493 e. The molecule has 8 heteroatoms. The molecule has 1 aromatic carbocycles. The molecule has 1 fully saturated rings. The Morgan fingerprint density at radius 2 is 2.03 bits per heavy atom. The van der Waals surface area contributed by atoms with Crippen molar-refractivity contribution in [2.45, 2.75) is 33.4 Å². The number of hydrogen-bond donors (Lipinski definition) is 1. The van der Waals surface area contributed by atoms with E-state index in [1.807, 2.05) is 25.1 Å². The van der Waals surface area contributed by atoms with Crippen molar-refractivity contribution in [2.24, 2.45) is 4.99 Å². The molecule has 1 N–H and O–H groups in total. The molecule has 0 unspecified atom stereocenters. The van der Waals surface area contributed by atoms with Gasteiger partial charge < -0.3 is 24.2 Å². The normalized spacial score (nSPS) is 15.3. The number of nitrogens with one attached hydrogen (secondary N) is 1. The molecule has 31 heavy (non-hydrogen) atoms. The van der Waals surface area contributed by atoms with Crippen LogP contribution >= 0.6 is 0 Å². The zero-order valence-corrected chi connectivity index (χ0v) is 19.0. The molecule has 170 valence electrons. The van der Waals surface area contributed by atoms with Gasteiger partial charge >= 0.3 is 0 Å². The number of rotatable bonds is 10. The number of ether oxygens (including phenoxy) is 2. The lowest BCUT2D eigenvalue weighted by molar-refractivity contribution is 0.169. The molecule has 0 bridgehead atoms. The van der Waals surface area contributed by atoms with E-state index in [4.69, 9.17) is 19.0 Å². The van der Waals surface area contributed by atoms with E-state index in [2.05, 4.69) is 39.3 Å². The summed E-state index contributed by atoms with van der Waals surface area (Å²) in [6.45, 7) is 11.5. The minimum atomic E-state index is 0.621. The van der Waals surface area contributed by atoms with Gasteiger partial charge in [0, 0.05) is 65.5 Å². The van der Waals surface area contributed by atoms with Crippen LogP contribution in [0.3, 0.4) is 0 Å². The predicted octanol–water partition coefficient (Wildman–Crippen LogP) is 2.68. The summed E-state index contributed by atoms with van der Waals surface area (Å²) in [5.74, 6) is 2.70. The number of hydrogen-bond acceptors (Lipinski definition) is 6. The fourth-order valence-electron chi connectivity index (χ4n) is 3.56. The molecule has 1 aliphatic rings. The van der Waals surface area contributed by atoms with E-state index >= 15 is 0 Å². The highest BCUT2D eigenvalue weighted by atomic mass is 16.5. The maximum atomic E-state index is 5.81. The molecular formula is C23H35N5O3. The Morgan fingerprint density at radius 3 is 2.74 bits per heavy atom. The van der Waals surface area contributed by atoms with E-state index in [0.717, 1.165) is 74.4 Å². The van der Waals surface area contributed by atoms with Crippen molar-refractivity contribution in [1.82, 2.24) is 20.3 Å². The molecule has 0 radical (unpaired) electrons. The topological polar surface area (TPSA) is 75.4 Å². The predicted molar refractivity (Wildman–Crippen MR) is 121 cm³/mol. The first-order valence-electron chi connectivity index (χ1n) is 11.1. The van der Waals surface area contributed by atoms with Crippen molar-refractivity contribution in [3.05, 3.63) is 47.3 Å². The average molecular weight is 430 g/mol. The lowest BCUT2D eigenvalue weighted by Crippen LogP contribution is -2.52. The lowest BCUT2D eigenvalue weighted by Gasteiger charge is -2.36. The smallest absolute Gasteiger partial charge is 0.194 e. The first-order valence-corrected chi connectivity index (χ1v) is 11.1. The van der Waals surface area contributed by atoms with E-state index < -0.39 is 0 Å². The molecule has 0 saturated carbocycles. The lowest BCUT2D eigenvalue weighted by atomic mass is 10.2. The number of aromatic nitrogens is 1. The van der Waals surface area contributed by atoms with E-state index in [0.29, 0.717) is 19.8 Å². The van der Waals surface area contributed by atoms with Crippen LogP contribution in [0.1, 0.15) is 30.4 Å². The van der Waals surface area contributed by atoms with Crippen LogP contribution in [-0.4, -0.2) is 74.0 Å². The third kappa shape index (κ3) is 7.56. The highest BCUT2D eigenvalue weighted by Crippen LogP contribution is 2.15. The summed E-state index contributed by atoms with van der Waals surface area (Å²) in [7, 11) is 1.71. The molecule has 0 aliphatic carbocycles. The van der Waals surface area contributed by atoms with Gasteiger partial charge in [0.2, 0.25) is 0 Å². The molecule has 3 rings (SSSR count). The van der Waals surface area contributed by atoms with Gasteiger partial charge in [0.25, 0.3) is 0 Å². The van der Waals surface area contributed by atoms with Crippen molar-refractivity contribution >= 4 is 5.96 Å². The number of methoxy groups -OCH3 is 1. The van der Waals surface area contributed by atoms with Gasteiger partial charge in [0.05, 0.1) is 18.8 Å². The molecular weight excluding hydrogens is 394 g/mol. The third-order valence-electron chi connectivity index (χ3n) is 5.14.